The van der Waals surface area contributed by atoms with E-state index in [0.29, 0.717) is 0 Å². The molecule has 0 saturated carbocycles. The molecule has 0 unspecified atom stereocenters. The zero-order valence-electron chi connectivity index (χ0n) is 6.00. The van der Waals surface area contributed by atoms with Gasteiger partial charge in [-0.25, -0.2) is 13.1 Å². The average Bonchev–Trinajstić information content (AvgIpc) is 2.04. The quantitative estimate of drug-likeness (QED) is 0.518. The number of hydrogen-bond donors (Lipinski definition) is 0. The predicted octanol–water partition coefficient (Wildman–Crippen LogP) is 1.18. The molecule has 3 nitrogen and oxygen atoms in total. The van der Waals surface area contributed by atoms with Crippen LogP contribution in [0.5, 0.6) is 0 Å². The number of nitrogens with zero attached hydrogens (tertiary/aromatic N) is 3. The van der Waals surface area contributed by atoms with E-state index in [2.05, 4.69) is 35.9 Å². The highest BCUT2D eigenvalue weighted by molar-refractivity contribution is 14.1. The van der Waals surface area contributed by atoms with Crippen LogP contribution in [0.15, 0.2) is 12.5 Å². The monoisotopic (exact) mass is 261 g/mol. The smallest absolute Gasteiger partial charge is 0.115 e. The molecular formula is C7H8IN3. The van der Waals surface area contributed by atoms with Gasteiger partial charge in [-0.15, -0.1) is 0 Å². The second-order valence-corrected chi connectivity index (χ2v) is 3.95. The van der Waals surface area contributed by atoms with E-state index in [9.17, 15) is 0 Å². The van der Waals surface area contributed by atoms with Crippen LogP contribution in [0, 0.1) is 0 Å². The third kappa shape index (κ3) is 1.51. The maximum atomic E-state index is 4.21. The Bertz CT molecular complexity index is 264. The normalized spacial score (nSPS) is 17.9. The zero-order chi connectivity index (χ0) is 7.68. The Kier molecular flexibility index (Phi) is 2.04. The summed E-state index contributed by atoms with van der Waals surface area (Å²) in [5, 5.41) is 0. The van der Waals surface area contributed by atoms with E-state index in [4.69, 9.17) is 0 Å². The summed E-state index contributed by atoms with van der Waals surface area (Å²) in [7, 11) is 0. The van der Waals surface area contributed by atoms with Crippen molar-refractivity contribution in [2.45, 2.75) is 13.0 Å². The fraction of sp³-hybridized carbons (Fsp3) is 0.429. The van der Waals surface area contributed by atoms with Crippen LogP contribution in [0.4, 0.5) is 0 Å². The van der Waals surface area contributed by atoms with Crippen molar-refractivity contribution in [1.29, 1.82) is 0 Å². The summed E-state index contributed by atoms with van der Waals surface area (Å²) in [6.45, 7) is 2.08. The molecule has 1 aromatic heterocycles. The Morgan fingerprint density at radius 2 is 2.45 bits per heavy atom. The molecule has 1 aromatic rings. The van der Waals surface area contributed by atoms with E-state index >= 15 is 0 Å². The number of fused-ring (bicyclic) bond motifs is 1. The van der Waals surface area contributed by atoms with E-state index in [1.807, 2.05) is 6.20 Å². The highest BCUT2D eigenvalue weighted by Gasteiger charge is 2.14. The second-order valence-electron chi connectivity index (χ2n) is 2.59. The molecule has 1 aliphatic rings. The van der Waals surface area contributed by atoms with Gasteiger partial charge in [0.25, 0.3) is 0 Å². The summed E-state index contributed by atoms with van der Waals surface area (Å²) >= 11 is 2.33. The SMILES string of the molecule is IN1CCc2ncncc2C1. The number of rotatable bonds is 0. The first-order valence-electron chi connectivity index (χ1n) is 3.55. The molecule has 0 amide bonds. The molecule has 2 heterocycles. The van der Waals surface area contributed by atoms with Crippen LogP contribution in [0.1, 0.15) is 11.3 Å². The van der Waals surface area contributed by atoms with Gasteiger partial charge >= 0.3 is 0 Å². The van der Waals surface area contributed by atoms with Gasteiger partial charge in [-0.05, 0) is 0 Å². The molecule has 0 bridgehead atoms. The molecule has 2 rings (SSSR count). The first kappa shape index (κ1) is 7.42. The van der Waals surface area contributed by atoms with Crippen molar-refractivity contribution >= 4 is 22.9 Å². The van der Waals surface area contributed by atoms with Gasteiger partial charge in [-0.2, -0.15) is 0 Å². The van der Waals surface area contributed by atoms with E-state index < -0.39 is 0 Å². The van der Waals surface area contributed by atoms with Gasteiger partial charge < -0.3 is 0 Å². The van der Waals surface area contributed by atoms with Crippen LogP contribution in [-0.4, -0.2) is 19.6 Å². The molecule has 0 fully saturated rings. The molecule has 1 aliphatic heterocycles. The van der Waals surface area contributed by atoms with Gasteiger partial charge in [-0.3, -0.25) is 0 Å². The minimum absolute atomic E-state index is 0.983. The van der Waals surface area contributed by atoms with Crippen LogP contribution in [0.25, 0.3) is 0 Å². The summed E-state index contributed by atoms with van der Waals surface area (Å²) in [6, 6.07) is 0. The summed E-state index contributed by atoms with van der Waals surface area (Å²) in [4.78, 5) is 8.20. The lowest BCUT2D eigenvalue weighted by atomic mass is 10.1. The van der Waals surface area contributed by atoms with Crippen molar-refractivity contribution in [2.24, 2.45) is 0 Å². The third-order valence-electron chi connectivity index (χ3n) is 1.81. The summed E-state index contributed by atoms with van der Waals surface area (Å²) in [5.74, 6) is 0. The van der Waals surface area contributed by atoms with Gasteiger partial charge in [0.2, 0.25) is 0 Å². The molecule has 0 saturated heterocycles. The lowest BCUT2D eigenvalue weighted by molar-refractivity contribution is 0.472. The fourth-order valence-corrected chi connectivity index (χ4v) is 1.84. The Hall–Kier alpha value is -0.230. The Morgan fingerprint density at radius 3 is 3.36 bits per heavy atom. The third-order valence-corrected chi connectivity index (χ3v) is 2.64. The van der Waals surface area contributed by atoms with Crippen molar-refractivity contribution in [3.05, 3.63) is 23.8 Å². The number of hydrogen-bond acceptors (Lipinski definition) is 3. The van der Waals surface area contributed by atoms with Crippen molar-refractivity contribution in [2.75, 3.05) is 6.54 Å². The maximum Gasteiger partial charge on any atom is 0.115 e. The summed E-state index contributed by atoms with van der Waals surface area (Å²) in [6.07, 6.45) is 4.59. The molecule has 0 spiro atoms. The molecule has 4 heteroatoms. The van der Waals surface area contributed by atoms with Crippen molar-refractivity contribution in [1.82, 2.24) is 13.1 Å². The van der Waals surface area contributed by atoms with E-state index in [1.165, 1.54) is 11.3 Å². The topological polar surface area (TPSA) is 29.0 Å². The lowest BCUT2D eigenvalue weighted by Crippen LogP contribution is -2.22. The van der Waals surface area contributed by atoms with Gasteiger partial charge in [0, 0.05) is 59.8 Å². The van der Waals surface area contributed by atoms with Crippen molar-refractivity contribution < 1.29 is 0 Å². The van der Waals surface area contributed by atoms with Crippen LogP contribution in [-0.2, 0) is 13.0 Å². The highest BCUT2D eigenvalue weighted by Crippen LogP contribution is 2.17. The summed E-state index contributed by atoms with van der Waals surface area (Å²) < 4.78 is 2.25. The predicted molar refractivity (Wildman–Crippen MR) is 50.2 cm³/mol. The fourth-order valence-electron chi connectivity index (χ4n) is 1.23. The van der Waals surface area contributed by atoms with Gasteiger partial charge in [0.15, 0.2) is 0 Å². The van der Waals surface area contributed by atoms with E-state index in [-0.39, 0.29) is 0 Å². The zero-order valence-corrected chi connectivity index (χ0v) is 8.15. The van der Waals surface area contributed by atoms with E-state index in [1.54, 1.807) is 6.33 Å². The minimum Gasteiger partial charge on any atom is -0.244 e. The molecule has 0 aliphatic carbocycles. The number of halogens is 1. The van der Waals surface area contributed by atoms with E-state index in [0.717, 1.165) is 19.5 Å². The van der Waals surface area contributed by atoms with Gasteiger partial charge in [-0.1, -0.05) is 0 Å². The van der Waals surface area contributed by atoms with Crippen LogP contribution in [0.2, 0.25) is 0 Å². The second kappa shape index (κ2) is 3.02. The standard InChI is InChI=1S/C7H8IN3/c8-11-2-1-7-6(4-11)3-9-5-10-7/h3,5H,1-2,4H2. The molecule has 0 aromatic carbocycles. The van der Waals surface area contributed by atoms with Crippen molar-refractivity contribution in [3.8, 4) is 0 Å². The Morgan fingerprint density at radius 1 is 1.55 bits per heavy atom. The molecule has 58 valence electrons. The van der Waals surface area contributed by atoms with Crippen LogP contribution >= 0.6 is 22.9 Å². The average molecular weight is 261 g/mol. The lowest BCUT2D eigenvalue weighted by Gasteiger charge is -2.21. The minimum atomic E-state index is 0.983. The first-order chi connectivity index (χ1) is 5.36. The summed E-state index contributed by atoms with van der Waals surface area (Å²) in [5.41, 5.74) is 2.49. The number of aromatic nitrogens is 2. The van der Waals surface area contributed by atoms with Crippen LogP contribution in [0.3, 0.4) is 0 Å². The highest BCUT2D eigenvalue weighted by atomic mass is 127. The van der Waals surface area contributed by atoms with Crippen LogP contribution < -0.4 is 0 Å². The van der Waals surface area contributed by atoms with Gasteiger partial charge in [0.05, 0.1) is 0 Å². The first-order valence-corrected chi connectivity index (χ1v) is 4.51. The maximum absolute atomic E-state index is 4.21. The molecule has 0 N–H and O–H groups in total. The molecule has 11 heavy (non-hydrogen) atoms. The Labute approximate surface area is 79.3 Å². The van der Waals surface area contributed by atoms with Gasteiger partial charge in [0.1, 0.15) is 6.33 Å². The largest absolute Gasteiger partial charge is 0.244 e. The Balaban J connectivity index is 2.34. The molecule has 0 atom stereocenters. The molecular weight excluding hydrogens is 253 g/mol. The molecule has 0 radical (unpaired) electrons. The van der Waals surface area contributed by atoms with Crippen molar-refractivity contribution in [3.63, 3.8) is 0 Å².